The summed E-state index contributed by atoms with van der Waals surface area (Å²) in [6, 6.07) is 14.5. The summed E-state index contributed by atoms with van der Waals surface area (Å²) < 4.78 is 11.4. The second-order valence-electron chi connectivity index (χ2n) is 7.22. The van der Waals surface area contributed by atoms with Crippen molar-refractivity contribution in [2.75, 3.05) is 19.8 Å². The summed E-state index contributed by atoms with van der Waals surface area (Å²) in [5.41, 5.74) is 2.01. The van der Waals surface area contributed by atoms with E-state index in [1.165, 1.54) is 0 Å². The minimum atomic E-state index is -0.995. The number of ether oxygens (including phenoxy) is 2. The minimum absolute atomic E-state index is 0.0557. The zero-order chi connectivity index (χ0) is 19.5. The Morgan fingerprint density at radius 2 is 1.79 bits per heavy atom. The second-order valence-corrected chi connectivity index (χ2v) is 7.22. The van der Waals surface area contributed by atoms with Crippen LogP contribution in [-0.2, 0) is 16.1 Å². The van der Waals surface area contributed by atoms with Crippen molar-refractivity contribution in [3.8, 4) is 5.75 Å². The lowest BCUT2D eigenvalue weighted by Gasteiger charge is -2.34. The highest BCUT2D eigenvalue weighted by Crippen LogP contribution is 2.34. The molecule has 0 unspecified atom stereocenters. The molecule has 2 aliphatic heterocycles. The maximum atomic E-state index is 13.4. The van der Waals surface area contributed by atoms with Gasteiger partial charge in [-0.1, -0.05) is 36.4 Å². The maximum absolute atomic E-state index is 13.4. The van der Waals surface area contributed by atoms with Crippen molar-refractivity contribution in [3.05, 3.63) is 65.2 Å². The Hall–Kier alpha value is -2.86. The lowest BCUT2D eigenvalue weighted by Crippen LogP contribution is -2.41. The van der Waals surface area contributed by atoms with E-state index in [1.807, 2.05) is 35.2 Å². The molecular weight excluding hydrogens is 358 g/mol. The molecule has 1 amide bonds. The number of carboxylic acids is 1. The first-order chi connectivity index (χ1) is 13.6. The summed E-state index contributed by atoms with van der Waals surface area (Å²) in [6.07, 6.45) is 1.45. The Bertz CT molecular complexity index is 860. The number of hydrogen-bond acceptors (Lipinski definition) is 4. The molecule has 0 bridgehead atoms. The normalized spacial score (nSPS) is 20.0. The van der Waals surface area contributed by atoms with Crippen molar-refractivity contribution >= 4 is 11.9 Å². The fraction of sp³-hybridized carbons (Fsp3) is 0.364. The lowest BCUT2D eigenvalue weighted by atomic mass is 9.96. The van der Waals surface area contributed by atoms with Crippen LogP contribution in [0.2, 0.25) is 0 Å². The van der Waals surface area contributed by atoms with Crippen LogP contribution in [0.4, 0.5) is 0 Å². The molecule has 28 heavy (non-hydrogen) atoms. The van der Waals surface area contributed by atoms with Gasteiger partial charge in [-0.15, -0.1) is 0 Å². The zero-order valence-electron chi connectivity index (χ0n) is 15.5. The zero-order valence-corrected chi connectivity index (χ0v) is 15.5. The van der Waals surface area contributed by atoms with Gasteiger partial charge >= 0.3 is 5.97 Å². The molecule has 4 rings (SSSR count). The van der Waals surface area contributed by atoms with E-state index < -0.39 is 5.97 Å². The number of aromatic carboxylic acids is 1. The predicted octanol–water partition coefficient (Wildman–Crippen LogP) is 3.27. The highest BCUT2D eigenvalue weighted by Gasteiger charge is 2.34. The Kier molecular flexibility index (Phi) is 5.30. The van der Waals surface area contributed by atoms with Gasteiger partial charge in [0.2, 0.25) is 5.91 Å². The first kappa shape index (κ1) is 18.5. The van der Waals surface area contributed by atoms with E-state index in [2.05, 4.69) is 0 Å². The van der Waals surface area contributed by atoms with Crippen molar-refractivity contribution in [1.29, 1.82) is 0 Å². The molecule has 2 aromatic rings. The maximum Gasteiger partial charge on any atom is 0.335 e. The molecule has 6 heteroatoms. The number of carbonyl (C=O) groups is 2. The van der Waals surface area contributed by atoms with E-state index in [-0.39, 0.29) is 30.0 Å². The Labute approximate surface area is 163 Å². The molecule has 1 fully saturated rings. The van der Waals surface area contributed by atoms with Crippen LogP contribution in [0, 0.1) is 5.92 Å². The van der Waals surface area contributed by atoms with Gasteiger partial charge in [0.1, 0.15) is 12.4 Å². The summed E-state index contributed by atoms with van der Waals surface area (Å²) in [5, 5.41) is 9.27. The summed E-state index contributed by atoms with van der Waals surface area (Å²) in [4.78, 5) is 26.6. The van der Waals surface area contributed by atoms with Crippen LogP contribution in [0.3, 0.4) is 0 Å². The first-order valence-corrected chi connectivity index (χ1v) is 9.55. The molecule has 1 atom stereocenters. The molecule has 0 spiro atoms. The van der Waals surface area contributed by atoms with Gasteiger partial charge in [-0.05, 0) is 30.5 Å². The number of carbonyl (C=O) groups excluding carboxylic acids is 1. The van der Waals surface area contributed by atoms with Crippen molar-refractivity contribution in [3.63, 3.8) is 0 Å². The third-order valence-electron chi connectivity index (χ3n) is 5.47. The van der Waals surface area contributed by atoms with Gasteiger partial charge in [-0.25, -0.2) is 4.79 Å². The predicted molar refractivity (Wildman–Crippen MR) is 102 cm³/mol. The third-order valence-corrected chi connectivity index (χ3v) is 5.47. The number of amides is 1. The van der Waals surface area contributed by atoms with E-state index in [1.54, 1.807) is 18.2 Å². The summed E-state index contributed by atoms with van der Waals surface area (Å²) in [7, 11) is 0. The number of fused-ring (bicyclic) bond motifs is 1. The van der Waals surface area contributed by atoms with E-state index >= 15 is 0 Å². The first-order valence-electron chi connectivity index (χ1n) is 9.55. The Balaban J connectivity index is 1.69. The Morgan fingerprint density at radius 1 is 1.04 bits per heavy atom. The topological polar surface area (TPSA) is 76.1 Å². The number of hydrogen-bond donors (Lipinski definition) is 1. The van der Waals surface area contributed by atoms with Crippen LogP contribution in [0.5, 0.6) is 5.75 Å². The smallest absolute Gasteiger partial charge is 0.335 e. The monoisotopic (exact) mass is 381 g/mol. The standard InChI is InChI=1S/C22H23NO5/c24-21(16-8-10-27-11-9-16)23-13-18-7-6-17(22(25)26)12-20(18)28-14-19(23)15-4-2-1-3-5-15/h1-7,12,16,19H,8-11,13-14H2,(H,25,26)/t19-/m1/s1. The number of carboxylic acid groups (broad SMARTS) is 1. The Morgan fingerprint density at radius 3 is 2.50 bits per heavy atom. The summed E-state index contributed by atoms with van der Waals surface area (Å²) >= 11 is 0. The summed E-state index contributed by atoms with van der Waals surface area (Å²) in [5.74, 6) is -0.413. The van der Waals surface area contributed by atoms with Gasteiger partial charge in [0, 0.05) is 24.7 Å². The third kappa shape index (κ3) is 3.73. The quantitative estimate of drug-likeness (QED) is 0.883. The van der Waals surface area contributed by atoms with Gasteiger partial charge < -0.3 is 19.5 Å². The van der Waals surface area contributed by atoms with Crippen LogP contribution >= 0.6 is 0 Å². The van der Waals surface area contributed by atoms with Crippen LogP contribution in [0.15, 0.2) is 48.5 Å². The molecule has 1 N–H and O–H groups in total. The highest BCUT2D eigenvalue weighted by molar-refractivity contribution is 5.88. The van der Waals surface area contributed by atoms with Gasteiger partial charge in [0.25, 0.3) is 0 Å². The molecule has 0 aliphatic carbocycles. The van der Waals surface area contributed by atoms with E-state index in [0.717, 1.165) is 24.0 Å². The number of nitrogens with zero attached hydrogens (tertiary/aromatic N) is 1. The van der Waals surface area contributed by atoms with Gasteiger partial charge in [0.05, 0.1) is 18.2 Å². The summed E-state index contributed by atoms with van der Waals surface area (Å²) in [6.45, 7) is 1.89. The van der Waals surface area contributed by atoms with E-state index in [0.29, 0.717) is 25.5 Å². The molecular formula is C22H23NO5. The molecule has 6 nitrogen and oxygen atoms in total. The fourth-order valence-corrected chi connectivity index (χ4v) is 3.87. The fourth-order valence-electron chi connectivity index (χ4n) is 3.87. The number of rotatable bonds is 3. The number of benzene rings is 2. The second kappa shape index (κ2) is 8.02. The van der Waals surface area contributed by atoms with Crippen LogP contribution in [0.25, 0.3) is 0 Å². The van der Waals surface area contributed by atoms with E-state index in [4.69, 9.17) is 9.47 Å². The molecule has 146 valence electrons. The lowest BCUT2D eigenvalue weighted by molar-refractivity contribution is -0.142. The molecule has 2 aromatic carbocycles. The average molecular weight is 381 g/mol. The van der Waals surface area contributed by atoms with Crippen LogP contribution in [0.1, 0.15) is 40.4 Å². The van der Waals surface area contributed by atoms with Crippen molar-refractivity contribution in [2.24, 2.45) is 5.92 Å². The molecule has 2 aliphatic rings. The highest BCUT2D eigenvalue weighted by atomic mass is 16.5. The molecule has 2 heterocycles. The average Bonchev–Trinajstić information content (AvgIpc) is 2.93. The van der Waals surface area contributed by atoms with E-state index in [9.17, 15) is 14.7 Å². The molecule has 0 saturated carbocycles. The molecule has 0 aromatic heterocycles. The molecule has 0 radical (unpaired) electrons. The largest absolute Gasteiger partial charge is 0.491 e. The SMILES string of the molecule is O=C(O)c1ccc2c(c1)OC[C@H](c1ccccc1)N(C(=O)C1CCOCC1)C2. The van der Waals surface area contributed by atoms with Crippen LogP contribution in [-0.4, -0.2) is 41.7 Å². The van der Waals surface area contributed by atoms with Gasteiger partial charge in [0.15, 0.2) is 0 Å². The van der Waals surface area contributed by atoms with Crippen molar-refractivity contribution in [2.45, 2.75) is 25.4 Å². The minimum Gasteiger partial charge on any atom is -0.491 e. The van der Waals surface area contributed by atoms with Gasteiger partial charge in [-0.2, -0.15) is 0 Å². The van der Waals surface area contributed by atoms with Crippen molar-refractivity contribution < 1.29 is 24.2 Å². The van der Waals surface area contributed by atoms with Gasteiger partial charge in [-0.3, -0.25) is 4.79 Å². The van der Waals surface area contributed by atoms with Crippen LogP contribution < -0.4 is 4.74 Å². The van der Waals surface area contributed by atoms with Crippen molar-refractivity contribution in [1.82, 2.24) is 4.90 Å². The molecule has 1 saturated heterocycles.